The van der Waals surface area contributed by atoms with Crippen LogP contribution in [-0.4, -0.2) is 19.7 Å². The van der Waals surface area contributed by atoms with Crippen LogP contribution in [0, 0.1) is 0 Å². The Morgan fingerprint density at radius 2 is 2.18 bits per heavy atom. The third-order valence-corrected chi connectivity index (χ3v) is 3.28. The SMILES string of the molecule is CNC(C=C(C)C)C1CCOc2ccccc21. The third-order valence-electron chi connectivity index (χ3n) is 3.28. The van der Waals surface area contributed by atoms with E-state index in [1.807, 2.05) is 13.1 Å². The maximum absolute atomic E-state index is 5.70. The van der Waals surface area contributed by atoms with E-state index < -0.39 is 0 Å². The molecule has 0 saturated carbocycles. The molecule has 1 heterocycles. The summed E-state index contributed by atoms with van der Waals surface area (Å²) in [6, 6.07) is 8.77. The lowest BCUT2D eigenvalue weighted by molar-refractivity contribution is 0.256. The van der Waals surface area contributed by atoms with Crippen molar-refractivity contribution in [2.24, 2.45) is 0 Å². The Hall–Kier alpha value is -1.28. The lowest BCUT2D eigenvalue weighted by Crippen LogP contribution is -2.33. The van der Waals surface area contributed by atoms with Gasteiger partial charge in [-0.05, 0) is 38.9 Å². The molecule has 0 amide bonds. The Bertz CT molecular complexity index is 407. The number of rotatable bonds is 3. The summed E-state index contributed by atoms with van der Waals surface area (Å²) in [7, 11) is 2.03. The smallest absolute Gasteiger partial charge is 0.122 e. The fourth-order valence-corrected chi connectivity index (χ4v) is 2.50. The standard InChI is InChI=1S/C15H21NO/c1-11(2)10-14(16-3)12-8-9-17-15-7-5-4-6-13(12)15/h4-7,10,12,14,16H,8-9H2,1-3H3. The summed E-state index contributed by atoms with van der Waals surface area (Å²) in [5.74, 6) is 1.56. The lowest BCUT2D eigenvalue weighted by atomic mass is 9.86. The van der Waals surface area contributed by atoms with Gasteiger partial charge in [0.25, 0.3) is 0 Å². The molecule has 1 aromatic carbocycles. The molecule has 0 spiro atoms. The molecule has 0 bridgehead atoms. The number of hydrogen-bond donors (Lipinski definition) is 1. The van der Waals surface area contributed by atoms with Gasteiger partial charge in [0, 0.05) is 12.0 Å². The normalized spacial score (nSPS) is 20.1. The molecule has 1 aliphatic heterocycles. The van der Waals surface area contributed by atoms with Gasteiger partial charge in [-0.3, -0.25) is 0 Å². The van der Waals surface area contributed by atoms with Crippen molar-refractivity contribution < 1.29 is 4.74 Å². The van der Waals surface area contributed by atoms with Crippen LogP contribution in [0.2, 0.25) is 0 Å². The summed E-state index contributed by atoms with van der Waals surface area (Å²) in [4.78, 5) is 0. The predicted molar refractivity (Wildman–Crippen MR) is 71.6 cm³/mol. The highest BCUT2D eigenvalue weighted by Crippen LogP contribution is 2.35. The minimum absolute atomic E-state index is 0.394. The molecule has 17 heavy (non-hydrogen) atoms. The van der Waals surface area contributed by atoms with Gasteiger partial charge in [-0.1, -0.05) is 29.8 Å². The highest BCUT2D eigenvalue weighted by atomic mass is 16.5. The predicted octanol–water partition coefficient (Wildman–Crippen LogP) is 3.11. The van der Waals surface area contributed by atoms with Crippen LogP contribution in [0.5, 0.6) is 5.75 Å². The number of hydrogen-bond acceptors (Lipinski definition) is 2. The number of likely N-dealkylation sites (N-methyl/N-ethyl adjacent to an activating group) is 1. The second-order valence-corrected chi connectivity index (χ2v) is 4.84. The number of para-hydroxylation sites is 1. The molecule has 2 heteroatoms. The summed E-state index contributed by atoms with van der Waals surface area (Å²) < 4.78 is 5.70. The molecule has 1 aromatic rings. The second-order valence-electron chi connectivity index (χ2n) is 4.84. The Morgan fingerprint density at radius 1 is 1.41 bits per heavy atom. The van der Waals surface area contributed by atoms with E-state index in [2.05, 4.69) is 43.4 Å². The van der Waals surface area contributed by atoms with Crippen molar-refractivity contribution in [2.75, 3.05) is 13.7 Å². The Morgan fingerprint density at radius 3 is 2.88 bits per heavy atom. The van der Waals surface area contributed by atoms with Crippen molar-refractivity contribution in [1.82, 2.24) is 5.32 Å². The molecule has 0 saturated heterocycles. The van der Waals surface area contributed by atoms with Gasteiger partial charge >= 0.3 is 0 Å². The van der Waals surface area contributed by atoms with Gasteiger partial charge in [0.1, 0.15) is 5.75 Å². The molecule has 2 rings (SSSR count). The molecule has 1 N–H and O–H groups in total. The van der Waals surface area contributed by atoms with E-state index in [4.69, 9.17) is 4.74 Å². The topological polar surface area (TPSA) is 21.3 Å². The highest BCUT2D eigenvalue weighted by molar-refractivity contribution is 5.39. The van der Waals surface area contributed by atoms with Crippen LogP contribution in [0.1, 0.15) is 31.7 Å². The van der Waals surface area contributed by atoms with Gasteiger partial charge in [0.15, 0.2) is 0 Å². The van der Waals surface area contributed by atoms with Crippen molar-refractivity contribution in [3.05, 3.63) is 41.5 Å². The van der Waals surface area contributed by atoms with Gasteiger partial charge in [-0.2, -0.15) is 0 Å². The van der Waals surface area contributed by atoms with E-state index in [0.717, 1.165) is 18.8 Å². The Labute approximate surface area is 104 Å². The van der Waals surface area contributed by atoms with Crippen LogP contribution >= 0.6 is 0 Å². The molecule has 2 unspecified atom stereocenters. The highest BCUT2D eigenvalue weighted by Gasteiger charge is 2.26. The number of allylic oxidation sites excluding steroid dienone is 1. The van der Waals surface area contributed by atoms with E-state index in [1.54, 1.807) is 0 Å². The summed E-state index contributed by atoms with van der Waals surface area (Å²) in [6.07, 6.45) is 3.39. The van der Waals surface area contributed by atoms with Crippen LogP contribution < -0.4 is 10.1 Å². The summed E-state index contributed by atoms with van der Waals surface area (Å²) in [5.41, 5.74) is 2.68. The quantitative estimate of drug-likeness (QED) is 0.807. The third kappa shape index (κ3) is 2.70. The molecule has 0 radical (unpaired) electrons. The molecular weight excluding hydrogens is 210 g/mol. The maximum atomic E-state index is 5.70. The number of fused-ring (bicyclic) bond motifs is 1. The van der Waals surface area contributed by atoms with Crippen LogP contribution in [0.25, 0.3) is 0 Å². The first-order valence-electron chi connectivity index (χ1n) is 6.26. The van der Waals surface area contributed by atoms with Crippen LogP contribution in [-0.2, 0) is 0 Å². The molecule has 2 atom stereocenters. The van der Waals surface area contributed by atoms with Crippen molar-refractivity contribution >= 4 is 0 Å². The summed E-state index contributed by atoms with van der Waals surface area (Å²) in [5, 5.41) is 3.41. The number of nitrogens with one attached hydrogen (secondary N) is 1. The first kappa shape index (κ1) is 12.2. The van der Waals surface area contributed by atoms with Crippen molar-refractivity contribution in [2.45, 2.75) is 32.2 Å². The fourth-order valence-electron chi connectivity index (χ4n) is 2.50. The van der Waals surface area contributed by atoms with E-state index in [0.29, 0.717) is 12.0 Å². The zero-order valence-electron chi connectivity index (χ0n) is 10.9. The van der Waals surface area contributed by atoms with E-state index in [9.17, 15) is 0 Å². The second kappa shape index (κ2) is 5.37. The monoisotopic (exact) mass is 231 g/mol. The molecule has 0 aliphatic carbocycles. The summed E-state index contributed by atoms with van der Waals surface area (Å²) >= 11 is 0. The molecule has 1 aliphatic rings. The van der Waals surface area contributed by atoms with Gasteiger partial charge in [-0.25, -0.2) is 0 Å². The first-order valence-corrected chi connectivity index (χ1v) is 6.26. The van der Waals surface area contributed by atoms with Crippen molar-refractivity contribution in [3.63, 3.8) is 0 Å². The Kier molecular flexibility index (Phi) is 3.85. The zero-order valence-corrected chi connectivity index (χ0v) is 10.9. The molecule has 0 aromatic heterocycles. The van der Waals surface area contributed by atoms with E-state index >= 15 is 0 Å². The van der Waals surface area contributed by atoms with Crippen molar-refractivity contribution in [1.29, 1.82) is 0 Å². The minimum atomic E-state index is 0.394. The average molecular weight is 231 g/mol. The van der Waals surface area contributed by atoms with Gasteiger partial charge < -0.3 is 10.1 Å². The lowest BCUT2D eigenvalue weighted by Gasteiger charge is -2.31. The number of ether oxygens (including phenoxy) is 1. The molecular formula is C15H21NO. The molecule has 92 valence electrons. The molecule has 0 fully saturated rings. The van der Waals surface area contributed by atoms with Gasteiger partial charge in [0.2, 0.25) is 0 Å². The van der Waals surface area contributed by atoms with Crippen molar-refractivity contribution in [3.8, 4) is 5.75 Å². The fraction of sp³-hybridized carbons (Fsp3) is 0.467. The summed E-state index contributed by atoms with van der Waals surface area (Å²) in [6.45, 7) is 5.11. The van der Waals surface area contributed by atoms with Gasteiger partial charge in [-0.15, -0.1) is 0 Å². The average Bonchev–Trinajstić information content (AvgIpc) is 2.35. The maximum Gasteiger partial charge on any atom is 0.122 e. The van der Waals surface area contributed by atoms with Gasteiger partial charge in [0.05, 0.1) is 6.61 Å². The van der Waals surface area contributed by atoms with E-state index in [1.165, 1.54) is 11.1 Å². The minimum Gasteiger partial charge on any atom is -0.493 e. The number of benzene rings is 1. The largest absolute Gasteiger partial charge is 0.493 e. The van der Waals surface area contributed by atoms with Crippen LogP contribution in [0.4, 0.5) is 0 Å². The van der Waals surface area contributed by atoms with Crippen LogP contribution in [0.3, 0.4) is 0 Å². The van der Waals surface area contributed by atoms with E-state index in [-0.39, 0.29) is 0 Å². The molecule has 2 nitrogen and oxygen atoms in total. The zero-order chi connectivity index (χ0) is 12.3. The Balaban J connectivity index is 2.31. The van der Waals surface area contributed by atoms with Crippen LogP contribution in [0.15, 0.2) is 35.9 Å². The first-order chi connectivity index (χ1) is 8.22.